The number of primary amides is 1. The summed E-state index contributed by atoms with van der Waals surface area (Å²) in [7, 11) is 0. The summed E-state index contributed by atoms with van der Waals surface area (Å²) < 4.78 is 2.06. The molecular formula is C17H22N6O2. The van der Waals surface area contributed by atoms with Gasteiger partial charge in [0.05, 0.1) is 5.56 Å². The molecule has 25 heavy (non-hydrogen) atoms. The van der Waals surface area contributed by atoms with Crippen molar-refractivity contribution in [2.75, 3.05) is 13.1 Å². The molecule has 1 atom stereocenters. The van der Waals surface area contributed by atoms with Crippen LogP contribution in [0, 0.1) is 0 Å². The number of piperidine rings is 1. The number of likely N-dealkylation sites (tertiary alicyclic amines) is 1. The molecule has 1 fully saturated rings. The van der Waals surface area contributed by atoms with Crippen molar-refractivity contribution < 1.29 is 9.59 Å². The van der Waals surface area contributed by atoms with Crippen LogP contribution in [0.15, 0.2) is 24.7 Å². The van der Waals surface area contributed by atoms with Gasteiger partial charge in [-0.15, -0.1) is 10.2 Å². The predicted molar refractivity (Wildman–Crippen MR) is 91.0 cm³/mol. The molecule has 0 bridgehead atoms. The number of rotatable bonds is 4. The van der Waals surface area contributed by atoms with Crippen LogP contribution in [-0.2, 0) is 0 Å². The van der Waals surface area contributed by atoms with E-state index in [1.54, 1.807) is 12.4 Å². The number of nitrogens with zero attached hydrogens (tertiary/aromatic N) is 5. The maximum Gasteiger partial charge on any atom is 0.267 e. The molecule has 2 amide bonds. The van der Waals surface area contributed by atoms with Crippen LogP contribution in [0.25, 0.3) is 0 Å². The minimum absolute atomic E-state index is 0.0937. The second-order valence-electron chi connectivity index (χ2n) is 6.58. The zero-order chi connectivity index (χ0) is 18.0. The zero-order valence-corrected chi connectivity index (χ0v) is 14.4. The number of carbonyl (C=O) groups excluding carboxylic acids is 2. The van der Waals surface area contributed by atoms with Gasteiger partial charge in [0, 0.05) is 31.2 Å². The number of nitrogens with two attached hydrogens (primary N) is 1. The average Bonchev–Trinajstić information content (AvgIpc) is 3.11. The van der Waals surface area contributed by atoms with Gasteiger partial charge >= 0.3 is 0 Å². The van der Waals surface area contributed by atoms with E-state index in [1.807, 2.05) is 4.90 Å². The molecule has 1 saturated heterocycles. The van der Waals surface area contributed by atoms with Crippen LogP contribution in [0.5, 0.6) is 0 Å². The largest absolute Gasteiger partial charge is 0.364 e. The van der Waals surface area contributed by atoms with Crippen LogP contribution >= 0.6 is 0 Å². The highest BCUT2D eigenvalue weighted by Crippen LogP contribution is 2.27. The van der Waals surface area contributed by atoms with Gasteiger partial charge in [0.2, 0.25) is 0 Å². The second kappa shape index (κ2) is 7.00. The van der Waals surface area contributed by atoms with Crippen LogP contribution in [-0.4, -0.2) is 49.6 Å². The lowest BCUT2D eigenvalue weighted by molar-refractivity contribution is 0.0702. The lowest BCUT2D eigenvalue weighted by Crippen LogP contribution is -2.40. The summed E-state index contributed by atoms with van der Waals surface area (Å²) >= 11 is 0. The Morgan fingerprint density at radius 3 is 2.76 bits per heavy atom. The molecule has 2 aromatic rings. The third-order valence-corrected chi connectivity index (χ3v) is 4.49. The molecule has 2 N–H and O–H groups in total. The summed E-state index contributed by atoms with van der Waals surface area (Å²) in [4.78, 5) is 29.6. The van der Waals surface area contributed by atoms with Gasteiger partial charge in [0.1, 0.15) is 17.8 Å². The molecule has 8 heteroatoms. The minimum Gasteiger partial charge on any atom is -0.364 e. The fourth-order valence-electron chi connectivity index (χ4n) is 3.16. The standard InChI is InChI=1S/C17H22N6O2/c1-11(2)23-10-20-21-16(23)13-4-3-7-22(9-13)17(25)12-5-6-14(15(18)24)19-8-12/h5-6,8,10-11,13H,3-4,7,9H2,1-2H3,(H2,18,24). The number of hydrogen-bond acceptors (Lipinski definition) is 5. The van der Waals surface area contributed by atoms with Crippen molar-refractivity contribution in [2.45, 2.75) is 38.6 Å². The van der Waals surface area contributed by atoms with E-state index in [1.165, 1.54) is 12.3 Å². The van der Waals surface area contributed by atoms with E-state index in [2.05, 4.69) is 33.6 Å². The van der Waals surface area contributed by atoms with E-state index >= 15 is 0 Å². The Hall–Kier alpha value is -2.77. The zero-order valence-electron chi connectivity index (χ0n) is 14.4. The fourth-order valence-corrected chi connectivity index (χ4v) is 3.16. The molecule has 0 spiro atoms. The van der Waals surface area contributed by atoms with E-state index < -0.39 is 5.91 Å². The molecule has 132 valence electrons. The highest BCUT2D eigenvalue weighted by molar-refractivity contribution is 5.95. The third-order valence-electron chi connectivity index (χ3n) is 4.49. The van der Waals surface area contributed by atoms with Gasteiger partial charge in [-0.3, -0.25) is 14.6 Å². The monoisotopic (exact) mass is 342 g/mol. The Kier molecular flexibility index (Phi) is 4.78. The van der Waals surface area contributed by atoms with Crippen molar-refractivity contribution in [1.29, 1.82) is 0 Å². The first kappa shape index (κ1) is 17.1. The first-order chi connectivity index (χ1) is 12.0. The molecule has 3 rings (SSSR count). The summed E-state index contributed by atoms with van der Waals surface area (Å²) in [6.45, 7) is 5.47. The lowest BCUT2D eigenvalue weighted by Gasteiger charge is -2.32. The maximum absolute atomic E-state index is 12.7. The molecule has 1 aliphatic heterocycles. The SMILES string of the molecule is CC(C)n1cnnc1C1CCCN(C(=O)c2ccc(C(N)=O)nc2)C1. The van der Waals surface area contributed by atoms with Crippen molar-refractivity contribution >= 4 is 11.8 Å². The Bertz CT molecular complexity index is 768. The summed E-state index contributed by atoms with van der Waals surface area (Å²) in [6, 6.07) is 3.35. The normalized spacial score (nSPS) is 17.7. The van der Waals surface area contributed by atoms with Crippen molar-refractivity contribution in [2.24, 2.45) is 5.73 Å². The van der Waals surface area contributed by atoms with Crippen molar-refractivity contribution in [3.63, 3.8) is 0 Å². The Morgan fingerprint density at radius 1 is 1.32 bits per heavy atom. The lowest BCUT2D eigenvalue weighted by atomic mass is 9.96. The highest BCUT2D eigenvalue weighted by Gasteiger charge is 2.29. The number of carbonyl (C=O) groups is 2. The summed E-state index contributed by atoms with van der Waals surface area (Å²) in [5.74, 6) is 0.393. The van der Waals surface area contributed by atoms with Crippen LogP contribution in [0.2, 0.25) is 0 Å². The number of hydrogen-bond donors (Lipinski definition) is 1. The van der Waals surface area contributed by atoms with Gasteiger partial charge in [-0.25, -0.2) is 0 Å². The van der Waals surface area contributed by atoms with Crippen LogP contribution in [0.1, 0.15) is 65.3 Å². The fraction of sp³-hybridized carbons (Fsp3) is 0.471. The topological polar surface area (TPSA) is 107 Å². The smallest absolute Gasteiger partial charge is 0.267 e. The van der Waals surface area contributed by atoms with Gasteiger partial charge < -0.3 is 15.2 Å². The first-order valence-electron chi connectivity index (χ1n) is 8.42. The highest BCUT2D eigenvalue weighted by atomic mass is 16.2. The van der Waals surface area contributed by atoms with Crippen LogP contribution < -0.4 is 5.73 Å². The summed E-state index contributed by atoms with van der Waals surface area (Å²) in [6.07, 6.45) is 5.04. The molecule has 8 nitrogen and oxygen atoms in total. The van der Waals surface area contributed by atoms with Gasteiger partial charge in [-0.1, -0.05) is 0 Å². The Balaban J connectivity index is 1.75. The first-order valence-corrected chi connectivity index (χ1v) is 8.42. The molecule has 0 aliphatic carbocycles. The molecule has 2 aromatic heterocycles. The Labute approximate surface area is 146 Å². The molecular weight excluding hydrogens is 320 g/mol. The summed E-state index contributed by atoms with van der Waals surface area (Å²) in [5.41, 5.74) is 5.79. The van der Waals surface area contributed by atoms with E-state index in [-0.39, 0.29) is 23.6 Å². The average molecular weight is 342 g/mol. The number of pyridine rings is 1. The van der Waals surface area contributed by atoms with E-state index in [9.17, 15) is 9.59 Å². The van der Waals surface area contributed by atoms with Gasteiger partial charge in [-0.2, -0.15) is 0 Å². The van der Waals surface area contributed by atoms with Crippen LogP contribution in [0.3, 0.4) is 0 Å². The summed E-state index contributed by atoms with van der Waals surface area (Å²) in [5, 5.41) is 8.30. The molecule has 0 radical (unpaired) electrons. The minimum atomic E-state index is -0.606. The van der Waals surface area contributed by atoms with Gasteiger partial charge in [0.15, 0.2) is 0 Å². The van der Waals surface area contributed by atoms with Crippen molar-refractivity contribution in [3.05, 3.63) is 41.7 Å². The van der Waals surface area contributed by atoms with Crippen molar-refractivity contribution in [3.8, 4) is 0 Å². The van der Waals surface area contributed by atoms with E-state index in [4.69, 9.17) is 5.73 Å². The number of amides is 2. The van der Waals surface area contributed by atoms with Gasteiger partial charge in [-0.05, 0) is 38.8 Å². The van der Waals surface area contributed by atoms with E-state index in [0.29, 0.717) is 18.7 Å². The van der Waals surface area contributed by atoms with Crippen molar-refractivity contribution in [1.82, 2.24) is 24.6 Å². The Morgan fingerprint density at radius 2 is 2.12 bits per heavy atom. The molecule has 1 aliphatic rings. The van der Waals surface area contributed by atoms with Gasteiger partial charge in [0.25, 0.3) is 11.8 Å². The number of aromatic nitrogens is 4. The quantitative estimate of drug-likeness (QED) is 0.903. The second-order valence-corrected chi connectivity index (χ2v) is 6.58. The molecule has 0 aromatic carbocycles. The molecule has 3 heterocycles. The molecule has 0 saturated carbocycles. The maximum atomic E-state index is 12.7. The third kappa shape index (κ3) is 3.52. The van der Waals surface area contributed by atoms with E-state index in [0.717, 1.165) is 18.7 Å². The molecule has 1 unspecified atom stereocenters. The van der Waals surface area contributed by atoms with Crippen LogP contribution in [0.4, 0.5) is 0 Å². The predicted octanol–water partition coefficient (Wildman–Crippen LogP) is 1.37.